The molecule has 0 bridgehead atoms. The van der Waals surface area contributed by atoms with Gasteiger partial charge in [0.25, 0.3) is 0 Å². The topological polar surface area (TPSA) is 15.3 Å². The van der Waals surface area contributed by atoms with Crippen LogP contribution >= 0.6 is 0 Å². The van der Waals surface area contributed by atoms with Crippen LogP contribution < -0.4 is 10.2 Å². The van der Waals surface area contributed by atoms with Gasteiger partial charge < -0.3 is 10.2 Å². The van der Waals surface area contributed by atoms with Crippen molar-refractivity contribution in [3.05, 3.63) is 29.3 Å². The molecule has 0 saturated heterocycles. The van der Waals surface area contributed by atoms with Gasteiger partial charge in [0, 0.05) is 25.8 Å². The predicted octanol–water partition coefficient (Wildman–Crippen LogP) is 3.83. The fourth-order valence-corrected chi connectivity index (χ4v) is 2.26. The predicted molar refractivity (Wildman–Crippen MR) is 85.8 cm³/mol. The Morgan fingerprint density at radius 3 is 2.32 bits per heavy atom. The molecule has 0 saturated carbocycles. The Morgan fingerprint density at radius 2 is 1.79 bits per heavy atom. The Hall–Kier alpha value is -1.02. The third-order valence-corrected chi connectivity index (χ3v) is 3.27. The van der Waals surface area contributed by atoms with Gasteiger partial charge >= 0.3 is 0 Å². The van der Waals surface area contributed by atoms with Crippen LogP contribution in [0.1, 0.15) is 38.8 Å². The Bertz CT molecular complexity index is 383. The van der Waals surface area contributed by atoms with Gasteiger partial charge in [0.2, 0.25) is 0 Å². The molecule has 0 aliphatic carbocycles. The van der Waals surface area contributed by atoms with Crippen LogP contribution in [0.2, 0.25) is 0 Å². The summed E-state index contributed by atoms with van der Waals surface area (Å²) in [5.74, 6) is 1.40. The van der Waals surface area contributed by atoms with Crippen LogP contribution in [0.3, 0.4) is 0 Å². The molecule has 0 aliphatic rings. The van der Waals surface area contributed by atoms with Crippen molar-refractivity contribution in [2.24, 2.45) is 11.8 Å². The van der Waals surface area contributed by atoms with E-state index in [9.17, 15) is 0 Å². The molecular formula is C17H30N2. The smallest absolute Gasteiger partial charge is 0.0366 e. The Balaban J connectivity index is 2.63. The first kappa shape index (κ1) is 16.0. The summed E-state index contributed by atoms with van der Waals surface area (Å²) in [4.78, 5) is 2.34. The van der Waals surface area contributed by atoms with Crippen LogP contribution in [0.5, 0.6) is 0 Å². The number of nitrogens with zero attached hydrogens (tertiary/aromatic N) is 1. The fraction of sp³-hybridized carbons (Fsp3) is 0.647. The standard InChI is InChI=1S/C17H30N2/c1-13(2)10-18-11-16-7-8-17(9-15(16)5)19(6)12-14(3)4/h7-9,13-14,18H,10-12H2,1-6H3. The molecule has 1 N–H and O–H groups in total. The molecule has 0 aliphatic heterocycles. The van der Waals surface area contributed by atoms with Crippen LogP contribution in [0.25, 0.3) is 0 Å². The third kappa shape index (κ3) is 5.65. The maximum atomic E-state index is 3.51. The zero-order chi connectivity index (χ0) is 14.4. The van der Waals surface area contributed by atoms with Gasteiger partial charge in [0.05, 0.1) is 0 Å². The summed E-state index contributed by atoms with van der Waals surface area (Å²) < 4.78 is 0. The quantitative estimate of drug-likeness (QED) is 0.803. The highest BCUT2D eigenvalue weighted by atomic mass is 15.1. The van der Waals surface area contributed by atoms with Gasteiger partial charge in [-0.25, -0.2) is 0 Å². The normalized spacial score (nSPS) is 11.4. The van der Waals surface area contributed by atoms with Crippen molar-refractivity contribution in [2.75, 3.05) is 25.0 Å². The zero-order valence-electron chi connectivity index (χ0n) is 13.5. The summed E-state index contributed by atoms with van der Waals surface area (Å²) in [6, 6.07) is 6.80. The van der Waals surface area contributed by atoms with E-state index < -0.39 is 0 Å². The second-order valence-corrected chi connectivity index (χ2v) is 6.41. The summed E-state index contributed by atoms with van der Waals surface area (Å²) in [6.07, 6.45) is 0. The second-order valence-electron chi connectivity index (χ2n) is 6.41. The number of benzene rings is 1. The molecule has 0 radical (unpaired) electrons. The highest BCUT2D eigenvalue weighted by Crippen LogP contribution is 2.19. The van der Waals surface area contributed by atoms with Gasteiger partial charge in [-0.2, -0.15) is 0 Å². The SMILES string of the molecule is Cc1cc(N(C)CC(C)C)ccc1CNCC(C)C. The fourth-order valence-electron chi connectivity index (χ4n) is 2.26. The summed E-state index contributed by atoms with van der Waals surface area (Å²) in [6.45, 7) is 14.4. The number of anilines is 1. The van der Waals surface area contributed by atoms with E-state index in [2.05, 4.69) is 70.1 Å². The molecule has 2 heteroatoms. The van der Waals surface area contributed by atoms with Gasteiger partial charge in [0.15, 0.2) is 0 Å². The minimum atomic E-state index is 0.692. The minimum absolute atomic E-state index is 0.692. The molecule has 0 unspecified atom stereocenters. The van der Waals surface area contributed by atoms with Crippen molar-refractivity contribution < 1.29 is 0 Å². The lowest BCUT2D eigenvalue weighted by Gasteiger charge is -2.22. The summed E-state index contributed by atoms with van der Waals surface area (Å²) in [5.41, 5.74) is 4.10. The van der Waals surface area contributed by atoms with Crippen molar-refractivity contribution in [3.8, 4) is 0 Å². The van der Waals surface area contributed by atoms with Gasteiger partial charge in [-0.15, -0.1) is 0 Å². The summed E-state index contributed by atoms with van der Waals surface area (Å²) in [5, 5.41) is 3.51. The average Bonchev–Trinajstić information content (AvgIpc) is 2.29. The van der Waals surface area contributed by atoms with Crippen molar-refractivity contribution in [2.45, 2.75) is 41.2 Å². The first-order chi connectivity index (χ1) is 8.90. The second kappa shape index (κ2) is 7.54. The van der Waals surface area contributed by atoms with Crippen molar-refractivity contribution in [1.82, 2.24) is 5.32 Å². The number of hydrogen-bond acceptors (Lipinski definition) is 2. The first-order valence-corrected chi connectivity index (χ1v) is 7.41. The van der Waals surface area contributed by atoms with Crippen LogP contribution in [0.4, 0.5) is 5.69 Å². The summed E-state index contributed by atoms with van der Waals surface area (Å²) in [7, 11) is 2.17. The number of rotatable bonds is 7. The first-order valence-electron chi connectivity index (χ1n) is 7.41. The molecule has 0 fully saturated rings. The Morgan fingerprint density at radius 1 is 1.11 bits per heavy atom. The highest BCUT2D eigenvalue weighted by Gasteiger charge is 2.06. The highest BCUT2D eigenvalue weighted by molar-refractivity contribution is 5.50. The molecule has 0 spiro atoms. The van der Waals surface area contributed by atoms with E-state index in [4.69, 9.17) is 0 Å². The van der Waals surface area contributed by atoms with E-state index in [1.54, 1.807) is 0 Å². The van der Waals surface area contributed by atoms with E-state index >= 15 is 0 Å². The average molecular weight is 262 g/mol. The van der Waals surface area contributed by atoms with Crippen molar-refractivity contribution in [3.63, 3.8) is 0 Å². The molecule has 2 nitrogen and oxygen atoms in total. The lowest BCUT2D eigenvalue weighted by Crippen LogP contribution is -2.23. The van der Waals surface area contributed by atoms with Crippen LogP contribution in [-0.4, -0.2) is 20.1 Å². The lowest BCUT2D eigenvalue weighted by atomic mass is 10.1. The van der Waals surface area contributed by atoms with Crippen LogP contribution in [0, 0.1) is 18.8 Å². The summed E-state index contributed by atoms with van der Waals surface area (Å²) >= 11 is 0. The number of aryl methyl sites for hydroxylation is 1. The van der Waals surface area contributed by atoms with Gasteiger partial charge in [0.1, 0.15) is 0 Å². The van der Waals surface area contributed by atoms with Crippen LogP contribution in [-0.2, 0) is 6.54 Å². The van der Waals surface area contributed by atoms with Gasteiger partial charge in [-0.1, -0.05) is 33.8 Å². The molecule has 19 heavy (non-hydrogen) atoms. The number of nitrogens with one attached hydrogen (secondary N) is 1. The molecular weight excluding hydrogens is 232 g/mol. The Labute approximate surface area is 119 Å². The molecule has 0 aromatic heterocycles. The molecule has 0 amide bonds. The van der Waals surface area contributed by atoms with Gasteiger partial charge in [-0.05, 0) is 48.6 Å². The van der Waals surface area contributed by atoms with E-state index in [-0.39, 0.29) is 0 Å². The molecule has 1 rings (SSSR count). The van der Waals surface area contributed by atoms with Crippen LogP contribution in [0.15, 0.2) is 18.2 Å². The van der Waals surface area contributed by atoms with E-state index in [0.717, 1.165) is 19.6 Å². The maximum Gasteiger partial charge on any atom is 0.0366 e. The lowest BCUT2D eigenvalue weighted by molar-refractivity contribution is 0.551. The third-order valence-electron chi connectivity index (χ3n) is 3.27. The van der Waals surface area contributed by atoms with E-state index in [1.807, 2.05) is 0 Å². The van der Waals surface area contributed by atoms with E-state index in [0.29, 0.717) is 11.8 Å². The van der Waals surface area contributed by atoms with Crippen molar-refractivity contribution in [1.29, 1.82) is 0 Å². The molecule has 108 valence electrons. The molecule has 0 atom stereocenters. The zero-order valence-corrected chi connectivity index (χ0v) is 13.5. The van der Waals surface area contributed by atoms with E-state index in [1.165, 1.54) is 16.8 Å². The monoisotopic (exact) mass is 262 g/mol. The minimum Gasteiger partial charge on any atom is -0.374 e. The maximum absolute atomic E-state index is 3.51. The van der Waals surface area contributed by atoms with Crippen molar-refractivity contribution >= 4 is 5.69 Å². The molecule has 1 aromatic carbocycles. The molecule has 1 aromatic rings. The molecule has 0 heterocycles. The largest absolute Gasteiger partial charge is 0.374 e. The van der Waals surface area contributed by atoms with Gasteiger partial charge in [-0.3, -0.25) is 0 Å². The number of hydrogen-bond donors (Lipinski definition) is 1. The Kier molecular flexibility index (Phi) is 6.36.